The average Bonchev–Trinajstić information content (AvgIpc) is 2.99. The monoisotopic (exact) mass is 432 g/mol. The Morgan fingerprint density at radius 1 is 1.06 bits per heavy atom. The van der Waals surface area contributed by atoms with Crippen LogP contribution in [-0.2, 0) is 33.6 Å². The smallest absolute Gasteiger partial charge is 0.303 e. The quantitative estimate of drug-likeness (QED) is 0.658. The van der Waals surface area contributed by atoms with Gasteiger partial charge in [-0.25, -0.2) is 0 Å². The second-order valence-corrected chi connectivity index (χ2v) is 8.72. The summed E-state index contributed by atoms with van der Waals surface area (Å²) in [6, 6.07) is 2.53. The third-order valence-corrected chi connectivity index (χ3v) is 6.41. The summed E-state index contributed by atoms with van der Waals surface area (Å²) in [6.45, 7) is 7.86. The number of carboxylic acids is 2. The molecule has 1 aromatic carbocycles. The summed E-state index contributed by atoms with van der Waals surface area (Å²) in [6.07, 6.45) is 8.57. The van der Waals surface area contributed by atoms with Gasteiger partial charge in [-0.15, -0.1) is 0 Å². The number of ether oxygens (including phenoxy) is 1. The Bertz CT molecular complexity index is 760. The van der Waals surface area contributed by atoms with Crippen molar-refractivity contribution >= 4 is 17.6 Å². The van der Waals surface area contributed by atoms with Crippen LogP contribution in [0.4, 0.5) is 5.69 Å². The molecule has 7 heteroatoms. The van der Waals surface area contributed by atoms with Gasteiger partial charge in [0.1, 0.15) is 0 Å². The van der Waals surface area contributed by atoms with Gasteiger partial charge in [0.15, 0.2) is 0 Å². The highest BCUT2D eigenvalue weighted by molar-refractivity contribution is 5.75. The fraction of sp³-hybridized carbons (Fsp3) is 0.667. The Morgan fingerprint density at radius 3 is 2.48 bits per heavy atom. The lowest BCUT2D eigenvalue weighted by molar-refractivity contribution is -0.143. The van der Waals surface area contributed by atoms with Gasteiger partial charge in [0.2, 0.25) is 0 Å². The molecular formula is C24H36N2O5. The summed E-state index contributed by atoms with van der Waals surface area (Å²) in [5, 5.41) is 19.4. The van der Waals surface area contributed by atoms with Crippen LogP contribution in [0.5, 0.6) is 0 Å². The number of nitrogens with zero attached hydrogens (tertiary/aromatic N) is 1. The van der Waals surface area contributed by atoms with E-state index in [0.717, 1.165) is 26.2 Å². The minimum Gasteiger partial charge on any atom is -0.481 e. The zero-order valence-corrected chi connectivity index (χ0v) is 18.6. The molecule has 3 N–H and O–H groups in total. The number of benzene rings is 1. The van der Waals surface area contributed by atoms with E-state index in [1.165, 1.54) is 51.5 Å². The lowest BCUT2D eigenvalue weighted by atomic mass is 9.88. The first-order valence-electron chi connectivity index (χ1n) is 11.6. The van der Waals surface area contributed by atoms with Crippen LogP contribution in [0.25, 0.3) is 0 Å². The standard InChI is InChI=1S/C20H30N2O.C4H6O4/c1-15-19-8-10-21-9-7-16(19)13-17-5-4-11-22(20(15)17)14-18-6-2-3-12-23-18;5-3(6)1-2-4(7)8/h13,18,21H,2-12,14H2,1H3;1-2H2,(H,5,6)(H,7,8). The first-order chi connectivity index (χ1) is 15.0. The summed E-state index contributed by atoms with van der Waals surface area (Å²) in [5.74, 6) is -2.15. The van der Waals surface area contributed by atoms with Crippen molar-refractivity contribution in [3.8, 4) is 0 Å². The minimum absolute atomic E-state index is 0.296. The van der Waals surface area contributed by atoms with E-state index in [2.05, 4.69) is 23.2 Å². The summed E-state index contributed by atoms with van der Waals surface area (Å²) in [4.78, 5) is 21.9. The highest BCUT2D eigenvalue weighted by atomic mass is 16.5. The van der Waals surface area contributed by atoms with Crippen molar-refractivity contribution in [2.75, 3.05) is 37.7 Å². The maximum atomic E-state index is 9.64. The maximum Gasteiger partial charge on any atom is 0.303 e. The van der Waals surface area contributed by atoms with Crippen molar-refractivity contribution in [1.82, 2.24) is 5.32 Å². The second kappa shape index (κ2) is 11.5. The Morgan fingerprint density at radius 2 is 1.81 bits per heavy atom. The fourth-order valence-electron chi connectivity index (χ4n) is 4.92. The molecule has 31 heavy (non-hydrogen) atoms. The fourth-order valence-corrected chi connectivity index (χ4v) is 4.92. The number of anilines is 1. The minimum atomic E-state index is -1.08. The number of hydrogen-bond donors (Lipinski definition) is 3. The van der Waals surface area contributed by atoms with E-state index in [1.807, 2.05) is 0 Å². The lowest BCUT2D eigenvalue weighted by Gasteiger charge is -2.37. The molecular weight excluding hydrogens is 396 g/mol. The number of aliphatic carboxylic acids is 2. The Balaban J connectivity index is 0.000000293. The van der Waals surface area contributed by atoms with Crippen molar-refractivity contribution in [2.45, 2.75) is 70.8 Å². The highest BCUT2D eigenvalue weighted by Crippen LogP contribution is 2.36. The van der Waals surface area contributed by atoms with Crippen LogP contribution in [-0.4, -0.2) is 61.0 Å². The molecule has 0 aliphatic carbocycles. The van der Waals surface area contributed by atoms with Gasteiger partial charge in [0, 0.05) is 25.4 Å². The molecule has 0 amide bonds. The van der Waals surface area contributed by atoms with E-state index in [4.69, 9.17) is 14.9 Å². The highest BCUT2D eigenvalue weighted by Gasteiger charge is 2.26. The Hall–Kier alpha value is -2.12. The van der Waals surface area contributed by atoms with E-state index in [1.54, 1.807) is 27.9 Å². The zero-order chi connectivity index (χ0) is 22.2. The van der Waals surface area contributed by atoms with Gasteiger partial charge >= 0.3 is 11.9 Å². The number of fused-ring (bicyclic) bond motifs is 2. The Labute approximate surface area is 184 Å². The van der Waals surface area contributed by atoms with Crippen LogP contribution in [0, 0.1) is 6.92 Å². The molecule has 1 atom stereocenters. The van der Waals surface area contributed by atoms with Gasteiger partial charge in [0.25, 0.3) is 0 Å². The molecule has 3 heterocycles. The van der Waals surface area contributed by atoms with Gasteiger partial charge in [-0.05, 0) is 87.2 Å². The first-order valence-corrected chi connectivity index (χ1v) is 11.6. The van der Waals surface area contributed by atoms with Crippen molar-refractivity contribution in [2.24, 2.45) is 0 Å². The third-order valence-electron chi connectivity index (χ3n) is 6.41. The number of nitrogens with one attached hydrogen (secondary N) is 1. The molecule has 1 aromatic rings. The molecule has 0 aromatic heterocycles. The average molecular weight is 433 g/mol. The van der Waals surface area contributed by atoms with Crippen LogP contribution < -0.4 is 10.2 Å². The molecule has 172 valence electrons. The largest absolute Gasteiger partial charge is 0.481 e. The number of carboxylic acid groups (broad SMARTS) is 2. The maximum absolute atomic E-state index is 9.64. The van der Waals surface area contributed by atoms with Crippen LogP contribution in [0.15, 0.2) is 6.07 Å². The van der Waals surface area contributed by atoms with Gasteiger partial charge < -0.3 is 25.2 Å². The summed E-state index contributed by atoms with van der Waals surface area (Å²) >= 11 is 0. The summed E-state index contributed by atoms with van der Waals surface area (Å²) in [5.41, 5.74) is 7.90. The molecule has 0 saturated carbocycles. The van der Waals surface area contributed by atoms with E-state index in [-0.39, 0.29) is 12.8 Å². The van der Waals surface area contributed by atoms with Crippen LogP contribution in [0.1, 0.15) is 60.8 Å². The van der Waals surface area contributed by atoms with Crippen molar-refractivity contribution in [1.29, 1.82) is 0 Å². The summed E-state index contributed by atoms with van der Waals surface area (Å²) < 4.78 is 6.02. The normalized spacial score (nSPS) is 20.5. The van der Waals surface area contributed by atoms with Crippen LogP contribution in [0.3, 0.4) is 0 Å². The van der Waals surface area contributed by atoms with E-state index in [9.17, 15) is 9.59 Å². The molecule has 7 nitrogen and oxygen atoms in total. The number of hydrogen-bond acceptors (Lipinski definition) is 5. The third kappa shape index (κ3) is 6.68. The number of carbonyl (C=O) groups is 2. The van der Waals surface area contributed by atoms with Crippen molar-refractivity contribution in [3.63, 3.8) is 0 Å². The molecule has 1 fully saturated rings. The van der Waals surface area contributed by atoms with E-state index >= 15 is 0 Å². The predicted molar refractivity (Wildman–Crippen MR) is 120 cm³/mol. The van der Waals surface area contributed by atoms with Crippen LogP contribution >= 0.6 is 0 Å². The molecule has 1 saturated heterocycles. The number of aryl methyl sites for hydroxylation is 1. The van der Waals surface area contributed by atoms with E-state index < -0.39 is 11.9 Å². The second-order valence-electron chi connectivity index (χ2n) is 8.72. The van der Waals surface area contributed by atoms with Gasteiger partial charge in [0.05, 0.1) is 18.9 Å². The molecule has 1 unspecified atom stereocenters. The zero-order valence-electron chi connectivity index (χ0n) is 18.6. The molecule has 0 radical (unpaired) electrons. The molecule has 0 bridgehead atoms. The number of rotatable bonds is 5. The van der Waals surface area contributed by atoms with Gasteiger partial charge in [-0.2, -0.15) is 0 Å². The van der Waals surface area contributed by atoms with Gasteiger partial charge in [-0.3, -0.25) is 9.59 Å². The molecule has 4 rings (SSSR count). The SMILES string of the molecule is Cc1c2c(cc3c1N(CC1CCCCO1)CCC3)CCNCC2.O=C(O)CCC(=O)O. The molecule has 0 spiro atoms. The van der Waals surface area contributed by atoms with Gasteiger partial charge in [-0.1, -0.05) is 6.07 Å². The predicted octanol–water partition coefficient (Wildman–Crippen LogP) is 2.94. The van der Waals surface area contributed by atoms with Crippen molar-refractivity contribution < 1.29 is 24.5 Å². The molecule has 3 aliphatic rings. The van der Waals surface area contributed by atoms with Crippen molar-refractivity contribution in [3.05, 3.63) is 28.3 Å². The van der Waals surface area contributed by atoms with Crippen LogP contribution in [0.2, 0.25) is 0 Å². The molecule has 3 aliphatic heterocycles. The lowest BCUT2D eigenvalue weighted by Crippen LogP contribution is -2.39. The van der Waals surface area contributed by atoms with E-state index in [0.29, 0.717) is 6.10 Å². The first kappa shape index (κ1) is 23.5. The topological polar surface area (TPSA) is 99.1 Å². The Kier molecular flexibility index (Phi) is 8.72. The summed E-state index contributed by atoms with van der Waals surface area (Å²) in [7, 11) is 0.